The van der Waals surface area contributed by atoms with Gasteiger partial charge >= 0.3 is 0 Å². The first-order chi connectivity index (χ1) is 8.58. The Balaban J connectivity index is 2.62. The molecule has 1 heterocycles. The zero-order valence-electron chi connectivity index (χ0n) is 10.8. The van der Waals surface area contributed by atoms with Crippen molar-refractivity contribution >= 4 is 5.91 Å². The lowest BCUT2D eigenvalue weighted by Crippen LogP contribution is -2.32. The summed E-state index contributed by atoms with van der Waals surface area (Å²) in [5.41, 5.74) is 0.571. The van der Waals surface area contributed by atoms with Gasteiger partial charge in [-0.1, -0.05) is 13.3 Å². The summed E-state index contributed by atoms with van der Waals surface area (Å²) in [6.07, 6.45) is 2.96. The van der Waals surface area contributed by atoms with Crippen molar-refractivity contribution in [2.45, 2.75) is 26.7 Å². The highest BCUT2D eigenvalue weighted by Crippen LogP contribution is 2.05. The van der Waals surface area contributed by atoms with Crippen molar-refractivity contribution < 1.29 is 9.90 Å². The first-order valence-electron chi connectivity index (χ1n) is 6.16. The summed E-state index contributed by atoms with van der Waals surface area (Å²) in [7, 11) is 0. The molecule has 0 aliphatic heterocycles. The van der Waals surface area contributed by atoms with Crippen LogP contribution in [-0.4, -0.2) is 29.1 Å². The van der Waals surface area contributed by atoms with Gasteiger partial charge in [0.1, 0.15) is 5.56 Å². The highest BCUT2D eigenvalue weighted by Gasteiger charge is 2.12. The molecule has 1 aromatic rings. The lowest BCUT2D eigenvalue weighted by molar-refractivity contribution is 0.0942. The molecule has 1 unspecified atom stereocenters. The van der Waals surface area contributed by atoms with Gasteiger partial charge in [0.2, 0.25) is 0 Å². The van der Waals surface area contributed by atoms with Crippen LogP contribution >= 0.6 is 0 Å². The van der Waals surface area contributed by atoms with E-state index >= 15 is 0 Å². The Morgan fingerprint density at radius 2 is 2.28 bits per heavy atom. The van der Waals surface area contributed by atoms with E-state index in [1.807, 2.05) is 6.92 Å². The summed E-state index contributed by atoms with van der Waals surface area (Å²) in [6, 6.07) is 1.40. The van der Waals surface area contributed by atoms with Crippen LogP contribution in [-0.2, 0) is 0 Å². The van der Waals surface area contributed by atoms with E-state index in [1.54, 1.807) is 6.92 Å². The number of hydrogen-bond donors (Lipinski definition) is 3. The number of carbonyl (C=O) groups excluding carboxylic acids is 1. The molecule has 5 heteroatoms. The fourth-order valence-corrected chi connectivity index (χ4v) is 1.72. The SMILES string of the molecule is CCC(CCO)CNC(=O)c1c[nH]c(C)cc1=O. The standard InChI is InChI=1S/C13H20N2O3/c1-3-10(4-5-16)7-15-13(18)11-8-14-9(2)6-12(11)17/h6,8,10,16H,3-5,7H2,1-2H3,(H,14,17)(H,15,18). The summed E-state index contributed by atoms with van der Waals surface area (Å²) < 4.78 is 0. The number of rotatable bonds is 6. The average molecular weight is 252 g/mol. The second-order valence-corrected chi connectivity index (χ2v) is 4.39. The van der Waals surface area contributed by atoms with Gasteiger partial charge in [-0.25, -0.2) is 0 Å². The maximum atomic E-state index is 11.8. The van der Waals surface area contributed by atoms with Gasteiger partial charge in [0.05, 0.1) is 0 Å². The molecule has 0 bridgehead atoms. The fourth-order valence-electron chi connectivity index (χ4n) is 1.72. The highest BCUT2D eigenvalue weighted by molar-refractivity contribution is 5.93. The largest absolute Gasteiger partial charge is 0.396 e. The number of H-pyrrole nitrogens is 1. The predicted molar refractivity (Wildman–Crippen MR) is 69.6 cm³/mol. The molecule has 0 aromatic carbocycles. The van der Waals surface area contributed by atoms with Gasteiger partial charge in [-0.05, 0) is 19.3 Å². The Hall–Kier alpha value is -1.62. The molecule has 0 saturated heterocycles. The predicted octanol–water partition coefficient (Wildman–Crippen LogP) is 0.822. The van der Waals surface area contributed by atoms with Crippen LogP contribution in [0, 0.1) is 12.8 Å². The van der Waals surface area contributed by atoms with Crippen molar-refractivity contribution in [3.63, 3.8) is 0 Å². The van der Waals surface area contributed by atoms with Crippen molar-refractivity contribution in [3.05, 3.63) is 33.7 Å². The van der Waals surface area contributed by atoms with Crippen LogP contribution in [0.5, 0.6) is 0 Å². The minimum Gasteiger partial charge on any atom is -0.396 e. The summed E-state index contributed by atoms with van der Waals surface area (Å²) in [5, 5.41) is 11.6. The Morgan fingerprint density at radius 3 is 2.83 bits per heavy atom. The molecule has 1 rings (SSSR count). The first-order valence-corrected chi connectivity index (χ1v) is 6.16. The number of aromatic amines is 1. The van der Waals surface area contributed by atoms with Crippen molar-refractivity contribution in [1.29, 1.82) is 0 Å². The number of aliphatic hydroxyl groups excluding tert-OH is 1. The molecule has 0 aliphatic rings. The molecule has 0 spiro atoms. The van der Waals surface area contributed by atoms with Crippen molar-refractivity contribution in [1.82, 2.24) is 10.3 Å². The van der Waals surface area contributed by atoms with Gasteiger partial charge in [-0.2, -0.15) is 0 Å². The van der Waals surface area contributed by atoms with E-state index in [0.717, 1.165) is 12.1 Å². The number of aliphatic hydroxyl groups is 1. The molecule has 3 N–H and O–H groups in total. The van der Waals surface area contributed by atoms with Crippen LogP contribution in [0.1, 0.15) is 35.8 Å². The Morgan fingerprint density at radius 1 is 1.56 bits per heavy atom. The summed E-state index contributed by atoms with van der Waals surface area (Å²) in [6.45, 7) is 4.35. The molecule has 18 heavy (non-hydrogen) atoms. The quantitative estimate of drug-likeness (QED) is 0.701. The lowest BCUT2D eigenvalue weighted by Gasteiger charge is -2.14. The number of nitrogens with one attached hydrogen (secondary N) is 2. The second-order valence-electron chi connectivity index (χ2n) is 4.39. The van der Waals surface area contributed by atoms with Crippen LogP contribution in [0.25, 0.3) is 0 Å². The van der Waals surface area contributed by atoms with E-state index in [9.17, 15) is 9.59 Å². The topological polar surface area (TPSA) is 82.2 Å². The van der Waals surface area contributed by atoms with Crippen molar-refractivity contribution in [2.24, 2.45) is 5.92 Å². The van der Waals surface area contributed by atoms with Gasteiger partial charge in [-0.3, -0.25) is 9.59 Å². The number of carbonyl (C=O) groups is 1. The molecule has 0 radical (unpaired) electrons. The maximum Gasteiger partial charge on any atom is 0.256 e. The fraction of sp³-hybridized carbons (Fsp3) is 0.538. The Kier molecular flexibility index (Phi) is 5.58. The Bertz CT molecular complexity index is 454. The van der Waals surface area contributed by atoms with Gasteiger partial charge in [-0.15, -0.1) is 0 Å². The van der Waals surface area contributed by atoms with Gasteiger partial charge in [0, 0.05) is 31.1 Å². The minimum atomic E-state index is -0.368. The van der Waals surface area contributed by atoms with Crippen LogP contribution < -0.4 is 10.7 Å². The normalized spacial score (nSPS) is 12.2. The van der Waals surface area contributed by atoms with Crippen molar-refractivity contribution in [3.8, 4) is 0 Å². The number of aromatic nitrogens is 1. The third-order valence-corrected chi connectivity index (χ3v) is 2.97. The zero-order chi connectivity index (χ0) is 13.5. The molecule has 0 fully saturated rings. The van der Waals surface area contributed by atoms with Crippen LogP contribution in [0.3, 0.4) is 0 Å². The molecule has 5 nitrogen and oxygen atoms in total. The highest BCUT2D eigenvalue weighted by atomic mass is 16.3. The lowest BCUT2D eigenvalue weighted by atomic mass is 10.0. The summed E-state index contributed by atoms with van der Waals surface area (Å²) >= 11 is 0. The van der Waals surface area contributed by atoms with Gasteiger partial charge < -0.3 is 15.4 Å². The maximum absolute atomic E-state index is 11.8. The summed E-state index contributed by atoms with van der Waals surface area (Å²) in [4.78, 5) is 26.3. The number of pyridine rings is 1. The van der Waals surface area contributed by atoms with E-state index < -0.39 is 0 Å². The van der Waals surface area contributed by atoms with Crippen LogP contribution in [0.4, 0.5) is 0 Å². The van der Waals surface area contributed by atoms with Crippen molar-refractivity contribution in [2.75, 3.05) is 13.2 Å². The molecule has 0 saturated carbocycles. The smallest absolute Gasteiger partial charge is 0.256 e. The van der Waals surface area contributed by atoms with E-state index in [2.05, 4.69) is 10.3 Å². The third kappa shape index (κ3) is 4.00. The molecule has 1 amide bonds. The molecule has 1 atom stereocenters. The average Bonchev–Trinajstić information content (AvgIpc) is 2.34. The monoisotopic (exact) mass is 252 g/mol. The molecular formula is C13H20N2O3. The van der Waals surface area contributed by atoms with E-state index in [4.69, 9.17) is 5.11 Å². The molecular weight excluding hydrogens is 232 g/mol. The first kappa shape index (κ1) is 14.4. The number of amides is 1. The Labute approximate surface area is 106 Å². The molecule has 1 aromatic heterocycles. The van der Waals surface area contributed by atoms with E-state index in [-0.39, 0.29) is 29.4 Å². The van der Waals surface area contributed by atoms with Crippen LogP contribution in [0.15, 0.2) is 17.1 Å². The van der Waals surface area contributed by atoms with Gasteiger partial charge in [0.25, 0.3) is 5.91 Å². The summed E-state index contributed by atoms with van der Waals surface area (Å²) in [5.74, 6) is -0.129. The number of hydrogen-bond acceptors (Lipinski definition) is 3. The van der Waals surface area contributed by atoms with E-state index in [0.29, 0.717) is 13.0 Å². The van der Waals surface area contributed by atoms with Gasteiger partial charge in [0.15, 0.2) is 5.43 Å². The minimum absolute atomic E-state index is 0.111. The van der Waals surface area contributed by atoms with E-state index in [1.165, 1.54) is 12.3 Å². The second kappa shape index (κ2) is 6.96. The third-order valence-electron chi connectivity index (χ3n) is 2.97. The molecule has 0 aliphatic carbocycles. The number of aryl methyl sites for hydroxylation is 1. The van der Waals surface area contributed by atoms with Crippen LogP contribution in [0.2, 0.25) is 0 Å². The zero-order valence-corrected chi connectivity index (χ0v) is 10.8. The molecule has 100 valence electrons.